The van der Waals surface area contributed by atoms with Crippen LogP contribution in [0.5, 0.6) is 0 Å². The van der Waals surface area contributed by atoms with E-state index in [0.717, 1.165) is 16.5 Å². The summed E-state index contributed by atoms with van der Waals surface area (Å²) < 4.78 is 0. The molecule has 0 aliphatic rings. The Morgan fingerprint density at radius 1 is 1.33 bits per heavy atom. The van der Waals surface area contributed by atoms with Crippen molar-refractivity contribution in [2.24, 2.45) is 0 Å². The van der Waals surface area contributed by atoms with Crippen LogP contribution in [0.25, 0.3) is 10.8 Å². The zero-order valence-corrected chi connectivity index (χ0v) is 8.60. The molecule has 0 amide bonds. The molecule has 0 radical (unpaired) electrons. The van der Waals surface area contributed by atoms with Gasteiger partial charge in [-0.1, -0.05) is 31.2 Å². The van der Waals surface area contributed by atoms with Gasteiger partial charge in [0.25, 0.3) is 0 Å². The number of hydrogen-bond donors (Lipinski definition) is 0. The second kappa shape index (κ2) is 4.17. The average molecular weight is 200 g/mol. The Morgan fingerprint density at radius 3 is 2.93 bits per heavy atom. The fraction of sp³-hybridized carbons (Fsp3) is 0.250. The molecule has 1 heterocycles. The zero-order valence-electron chi connectivity index (χ0n) is 8.60. The van der Waals surface area contributed by atoms with E-state index in [4.69, 9.17) is 0 Å². The van der Waals surface area contributed by atoms with Crippen LogP contribution in [-0.4, -0.2) is 16.0 Å². The van der Waals surface area contributed by atoms with Crippen molar-refractivity contribution >= 4 is 16.6 Å². The molecule has 0 aliphatic carbocycles. The quantitative estimate of drug-likeness (QED) is 0.762. The third-order valence-corrected chi connectivity index (χ3v) is 2.41. The molecule has 1 aromatic heterocycles. The second-order valence-electron chi connectivity index (χ2n) is 3.45. The number of ketones is 1. The molecule has 0 fully saturated rings. The Bertz CT molecular complexity index is 488. The van der Waals surface area contributed by atoms with Gasteiger partial charge in [0.2, 0.25) is 0 Å². The standard InChI is InChI=1S/C12H12N2O/c1-2-10(15)7-12-11-6-4-3-5-9(11)8-13-14-12/h3-6,8H,2,7H2,1H3. The minimum Gasteiger partial charge on any atom is -0.299 e. The second-order valence-corrected chi connectivity index (χ2v) is 3.45. The van der Waals surface area contributed by atoms with E-state index in [1.807, 2.05) is 31.2 Å². The summed E-state index contributed by atoms with van der Waals surface area (Å²) in [7, 11) is 0. The number of carbonyl (C=O) groups excluding carboxylic acids is 1. The van der Waals surface area contributed by atoms with E-state index in [9.17, 15) is 4.79 Å². The summed E-state index contributed by atoms with van der Waals surface area (Å²) in [4.78, 5) is 11.4. The predicted octanol–water partition coefficient (Wildman–Crippen LogP) is 2.15. The van der Waals surface area contributed by atoms with Crippen molar-refractivity contribution < 1.29 is 4.79 Å². The SMILES string of the molecule is CCC(=O)Cc1nncc2ccccc12. The first kappa shape index (κ1) is 9.77. The topological polar surface area (TPSA) is 42.9 Å². The van der Waals surface area contributed by atoms with E-state index < -0.39 is 0 Å². The predicted molar refractivity (Wildman–Crippen MR) is 58.5 cm³/mol. The fourth-order valence-corrected chi connectivity index (χ4v) is 1.53. The fourth-order valence-electron chi connectivity index (χ4n) is 1.53. The van der Waals surface area contributed by atoms with Crippen LogP contribution in [-0.2, 0) is 11.2 Å². The highest BCUT2D eigenvalue weighted by atomic mass is 16.1. The van der Waals surface area contributed by atoms with Gasteiger partial charge in [0.05, 0.1) is 18.3 Å². The van der Waals surface area contributed by atoms with E-state index in [1.165, 1.54) is 0 Å². The van der Waals surface area contributed by atoms with Crippen molar-refractivity contribution in [3.63, 3.8) is 0 Å². The molecule has 0 aliphatic heterocycles. The Labute approximate surface area is 88.1 Å². The van der Waals surface area contributed by atoms with E-state index in [-0.39, 0.29) is 5.78 Å². The Morgan fingerprint density at radius 2 is 2.13 bits per heavy atom. The van der Waals surface area contributed by atoms with Crippen LogP contribution in [0.15, 0.2) is 30.5 Å². The summed E-state index contributed by atoms with van der Waals surface area (Å²) in [5.41, 5.74) is 0.778. The minimum absolute atomic E-state index is 0.195. The summed E-state index contributed by atoms with van der Waals surface area (Å²) in [6.45, 7) is 1.86. The molecule has 2 aromatic rings. The molecule has 0 unspecified atom stereocenters. The number of nitrogens with zero attached hydrogens (tertiary/aromatic N) is 2. The highest BCUT2D eigenvalue weighted by Gasteiger charge is 2.06. The lowest BCUT2D eigenvalue weighted by molar-refractivity contribution is -0.118. The number of hydrogen-bond acceptors (Lipinski definition) is 3. The lowest BCUT2D eigenvalue weighted by Crippen LogP contribution is -2.04. The van der Waals surface area contributed by atoms with Crippen LogP contribution >= 0.6 is 0 Å². The smallest absolute Gasteiger partial charge is 0.138 e. The van der Waals surface area contributed by atoms with Gasteiger partial charge in [-0.15, -0.1) is 0 Å². The minimum atomic E-state index is 0.195. The van der Waals surface area contributed by atoms with Gasteiger partial charge in [-0.25, -0.2) is 0 Å². The van der Waals surface area contributed by atoms with Crippen LogP contribution in [0.3, 0.4) is 0 Å². The molecule has 0 spiro atoms. The Kier molecular flexibility index (Phi) is 2.72. The van der Waals surface area contributed by atoms with Gasteiger partial charge in [-0.05, 0) is 0 Å². The molecule has 15 heavy (non-hydrogen) atoms. The monoisotopic (exact) mass is 200 g/mol. The molecule has 0 atom stereocenters. The van der Waals surface area contributed by atoms with Gasteiger partial charge in [0.1, 0.15) is 5.78 Å². The van der Waals surface area contributed by atoms with Crippen molar-refractivity contribution in [2.45, 2.75) is 19.8 Å². The van der Waals surface area contributed by atoms with Gasteiger partial charge >= 0.3 is 0 Å². The molecule has 3 nitrogen and oxygen atoms in total. The maximum absolute atomic E-state index is 11.4. The molecule has 0 bridgehead atoms. The van der Waals surface area contributed by atoms with Crippen molar-refractivity contribution in [3.05, 3.63) is 36.2 Å². The number of aromatic nitrogens is 2. The van der Waals surface area contributed by atoms with Crippen molar-refractivity contribution in [1.29, 1.82) is 0 Å². The summed E-state index contributed by atoms with van der Waals surface area (Å²) in [6.07, 6.45) is 2.64. The third-order valence-electron chi connectivity index (χ3n) is 2.41. The maximum atomic E-state index is 11.4. The first-order chi connectivity index (χ1) is 7.31. The van der Waals surface area contributed by atoms with Gasteiger partial charge in [-0.2, -0.15) is 10.2 Å². The number of fused-ring (bicyclic) bond motifs is 1. The van der Waals surface area contributed by atoms with Crippen molar-refractivity contribution in [1.82, 2.24) is 10.2 Å². The average Bonchev–Trinajstić information content (AvgIpc) is 2.29. The van der Waals surface area contributed by atoms with Crippen LogP contribution in [0.2, 0.25) is 0 Å². The normalized spacial score (nSPS) is 10.5. The maximum Gasteiger partial charge on any atom is 0.138 e. The first-order valence-electron chi connectivity index (χ1n) is 5.02. The molecular formula is C12H12N2O. The van der Waals surface area contributed by atoms with Gasteiger partial charge in [-0.3, -0.25) is 4.79 Å². The number of Topliss-reactive ketones (excluding diaryl/α,β-unsaturated/α-hetero) is 1. The highest BCUT2D eigenvalue weighted by Crippen LogP contribution is 2.15. The molecule has 2 rings (SSSR count). The van der Waals surface area contributed by atoms with Crippen molar-refractivity contribution in [2.75, 3.05) is 0 Å². The van der Waals surface area contributed by atoms with E-state index in [0.29, 0.717) is 12.8 Å². The largest absolute Gasteiger partial charge is 0.299 e. The zero-order chi connectivity index (χ0) is 10.7. The molecule has 0 N–H and O–H groups in total. The van der Waals surface area contributed by atoms with Crippen LogP contribution in [0.1, 0.15) is 19.0 Å². The molecule has 0 saturated heterocycles. The molecule has 3 heteroatoms. The van der Waals surface area contributed by atoms with Gasteiger partial charge < -0.3 is 0 Å². The van der Waals surface area contributed by atoms with E-state index >= 15 is 0 Å². The number of carbonyl (C=O) groups is 1. The third kappa shape index (κ3) is 2.01. The van der Waals surface area contributed by atoms with Crippen molar-refractivity contribution in [3.8, 4) is 0 Å². The highest BCUT2D eigenvalue weighted by molar-refractivity contribution is 5.88. The molecule has 1 aromatic carbocycles. The molecule has 0 saturated carbocycles. The molecule has 76 valence electrons. The summed E-state index contributed by atoms with van der Waals surface area (Å²) in [6, 6.07) is 7.85. The van der Waals surface area contributed by atoms with Gasteiger partial charge in [0.15, 0.2) is 0 Å². The Hall–Kier alpha value is -1.77. The lowest BCUT2D eigenvalue weighted by atomic mass is 10.1. The summed E-state index contributed by atoms with van der Waals surface area (Å²) in [5.74, 6) is 0.195. The lowest BCUT2D eigenvalue weighted by Gasteiger charge is -2.02. The van der Waals surface area contributed by atoms with Crippen LogP contribution in [0.4, 0.5) is 0 Å². The van der Waals surface area contributed by atoms with Gasteiger partial charge in [0, 0.05) is 17.2 Å². The summed E-state index contributed by atoms with van der Waals surface area (Å²) >= 11 is 0. The Balaban J connectivity index is 2.46. The number of benzene rings is 1. The van der Waals surface area contributed by atoms with Crippen LogP contribution < -0.4 is 0 Å². The first-order valence-corrected chi connectivity index (χ1v) is 5.02. The summed E-state index contributed by atoms with van der Waals surface area (Å²) in [5, 5.41) is 9.98. The van der Waals surface area contributed by atoms with E-state index in [1.54, 1.807) is 6.20 Å². The number of rotatable bonds is 3. The van der Waals surface area contributed by atoms with Crippen LogP contribution in [0, 0.1) is 0 Å². The van der Waals surface area contributed by atoms with E-state index in [2.05, 4.69) is 10.2 Å². The molecular weight excluding hydrogens is 188 g/mol.